The zero-order valence-electron chi connectivity index (χ0n) is 18.9. The Morgan fingerprint density at radius 2 is 1.60 bits per heavy atom. The third kappa shape index (κ3) is 5.05. The van der Waals surface area contributed by atoms with E-state index >= 15 is 0 Å². The van der Waals surface area contributed by atoms with Crippen LogP contribution in [0.2, 0.25) is 0 Å². The molecule has 2 N–H and O–H groups in total. The predicted octanol–water partition coefficient (Wildman–Crippen LogP) is 3.98. The lowest BCUT2D eigenvalue weighted by atomic mass is 10.1. The van der Waals surface area contributed by atoms with Gasteiger partial charge in [-0.2, -0.15) is 0 Å². The molecule has 3 aromatic carbocycles. The van der Waals surface area contributed by atoms with E-state index in [-0.39, 0.29) is 16.8 Å². The van der Waals surface area contributed by atoms with Crippen LogP contribution in [0.3, 0.4) is 0 Å². The Morgan fingerprint density at radius 1 is 0.914 bits per heavy atom. The fourth-order valence-corrected chi connectivity index (χ4v) is 3.65. The van der Waals surface area contributed by atoms with E-state index in [1.54, 1.807) is 36.4 Å². The first-order valence-electron chi connectivity index (χ1n) is 10.7. The number of anilines is 2. The Morgan fingerprint density at radius 3 is 2.23 bits per heavy atom. The van der Waals surface area contributed by atoms with Crippen molar-refractivity contribution in [2.75, 3.05) is 30.8 Å². The molecule has 7 heteroatoms. The standard InChI is InChI=1S/C28H21FN4O2/c1-4-18-6-10-21(11-7-18)31-28(35)23-16-19(5-2)8-13-25(23)32-27(34)22-12-9-20(17-24(22)29)26-30-14-15-33(26)3/h1-2,6-13,16-17H,14-15H2,3H3,(H,31,35)(H,32,34). The molecular weight excluding hydrogens is 443 g/mol. The van der Waals surface area contributed by atoms with E-state index < -0.39 is 17.6 Å². The molecule has 4 rings (SSSR count). The summed E-state index contributed by atoms with van der Waals surface area (Å²) < 4.78 is 14.9. The number of hydrogen-bond donors (Lipinski definition) is 2. The maximum absolute atomic E-state index is 14.9. The van der Waals surface area contributed by atoms with Gasteiger partial charge in [0.2, 0.25) is 0 Å². The molecule has 2 amide bonds. The summed E-state index contributed by atoms with van der Waals surface area (Å²) in [4.78, 5) is 32.2. The largest absolute Gasteiger partial charge is 0.358 e. The summed E-state index contributed by atoms with van der Waals surface area (Å²) >= 11 is 0. The van der Waals surface area contributed by atoms with Crippen molar-refractivity contribution >= 4 is 29.0 Å². The zero-order chi connectivity index (χ0) is 24.9. The first-order valence-corrected chi connectivity index (χ1v) is 10.7. The highest BCUT2D eigenvalue weighted by atomic mass is 19.1. The Hall–Kier alpha value is -4.88. The minimum absolute atomic E-state index is 0.133. The number of amidine groups is 1. The highest BCUT2D eigenvalue weighted by Crippen LogP contribution is 2.22. The highest BCUT2D eigenvalue weighted by molar-refractivity contribution is 6.13. The van der Waals surface area contributed by atoms with E-state index in [1.807, 2.05) is 11.9 Å². The van der Waals surface area contributed by atoms with Crippen LogP contribution in [0.5, 0.6) is 0 Å². The van der Waals surface area contributed by atoms with Gasteiger partial charge in [0, 0.05) is 36.0 Å². The number of halogens is 1. The normalized spacial score (nSPS) is 12.3. The molecule has 0 spiro atoms. The molecule has 1 aliphatic heterocycles. The average Bonchev–Trinajstić information content (AvgIpc) is 3.30. The first-order chi connectivity index (χ1) is 16.9. The second-order valence-corrected chi connectivity index (χ2v) is 7.86. The number of benzene rings is 3. The van der Waals surface area contributed by atoms with Gasteiger partial charge < -0.3 is 15.5 Å². The molecule has 0 aromatic heterocycles. The van der Waals surface area contributed by atoms with E-state index in [0.29, 0.717) is 34.8 Å². The van der Waals surface area contributed by atoms with Crippen LogP contribution >= 0.6 is 0 Å². The van der Waals surface area contributed by atoms with Gasteiger partial charge in [0.1, 0.15) is 11.7 Å². The number of nitrogens with zero attached hydrogens (tertiary/aromatic N) is 2. The summed E-state index contributed by atoms with van der Waals surface area (Å²) in [6, 6.07) is 15.6. The van der Waals surface area contributed by atoms with Gasteiger partial charge in [0.15, 0.2) is 0 Å². The minimum Gasteiger partial charge on any atom is -0.358 e. The number of rotatable bonds is 5. The van der Waals surface area contributed by atoms with Crippen LogP contribution in [0, 0.1) is 30.5 Å². The van der Waals surface area contributed by atoms with Crippen molar-refractivity contribution in [1.82, 2.24) is 4.90 Å². The fourth-order valence-electron chi connectivity index (χ4n) is 3.65. The Balaban J connectivity index is 1.58. The fraction of sp³-hybridized carbons (Fsp3) is 0.107. The molecule has 0 bridgehead atoms. The molecule has 0 radical (unpaired) electrons. The molecule has 0 fully saturated rings. The molecule has 0 atom stereocenters. The van der Waals surface area contributed by atoms with Gasteiger partial charge in [-0.15, -0.1) is 12.8 Å². The summed E-state index contributed by atoms with van der Waals surface area (Å²) in [6.45, 7) is 1.40. The number of aliphatic imine (C=N–C) groups is 1. The van der Waals surface area contributed by atoms with Crippen molar-refractivity contribution in [3.8, 4) is 24.7 Å². The molecule has 1 aliphatic rings. The van der Waals surface area contributed by atoms with Crippen molar-refractivity contribution in [1.29, 1.82) is 0 Å². The molecule has 0 aliphatic carbocycles. The molecule has 1 heterocycles. The van der Waals surface area contributed by atoms with Crippen LogP contribution in [0.25, 0.3) is 0 Å². The SMILES string of the molecule is C#Cc1ccc(NC(=O)c2cc(C#C)ccc2NC(=O)c2ccc(C3=NCCN3C)cc2F)cc1. The van der Waals surface area contributed by atoms with Gasteiger partial charge in [0.05, 0.1) is 23.4 Å². The molecular formula is C28H21FN4O2. The molecule has 3 aromatic rings. The summed E-state index contributed by atoms with van der Waals surface area (Å²) in [7, 11) is 1.88. The van der Waals surface area contributed by atoms with Crippen LogP contribution in [0.1, 0.15) is 37.4 Å². The lowest BCUT2D eigenvalue weighted by Gasteiger charge is -2.15. The van der Waals surface area contributed by atoms with Gasteiger partial charge in [-0.05, 0) is 54.6 Å². The number of likely N-dealkylation sites (N-methyl/N-ethyl adjacent to an activating group) is 1. The van der Waals surface area contributed by atoms with Crippen LogP contribution < -0.4 is 10.6 Å². The van der Waals surface area contributed by atoms with Crippen LogP contribution in [0.4, 0.5) is 15.8 Å². The third-order valence-electron chi connectivity index (χ3n) is 5.52. The van der Waals surface area contributed by atoms with Crippen LogP contribution in [0.15, 0.2) is 65.7 Å². The number of carbonyl (C=O) groups excluding carboxylic acids is 2. The minimum atomic E-state index is -0.698. The van der Waals surface area contributed by atoms with E-state index in [0.717, 1.165) is 6.54 Å². The Kier molecular flexibility index (Phi) is 6.62. The maximum atomic E-state index is 14.9. The molecule has 35 heavy (non-hydrogen) atoms. The molecule has 6 nitrogen and oxygen atoms in total. The number of carbonyl (C=O) groups is 2. The second-order valence-electron chi connectivity index (χ2n) is 7.86. The van der Waals surface area contributed by atoms with Gasteiger partial charge in [-0.3, -0.25) is 14.6 Å². The summed E-state index contributed by atoms with van der Waals surface area (Å²) in [5, 5.41) is 5.38. The number of amides is 2. The van der Waals surface area contributed by atoms with Gasteiger partial charge in [0.25, 0.3) is 11.8 Å². The van der Waals surface area contributed by atoms with Gasteiger partial charge in [-0.1, -0.05) is 17.9 Å². The second kappa shape index (κ2) is 9.94. The van der Waals surface area contributed by atoms with E-state index in [1.165, 1.54) is 24.3 Å². The van der Waals surface area contributed by atoms with Gasteiger partial charge in [-0.25, -0.2) is 4.39 Å². The van der Waals surface area contributed by atoms with Crippen molar-refractivity contribution < 1.29 is 14.0 Å². The topological polar surface area (TPSA) is 73.8 Å². The van der Waals surface area contributed by atoms with E-state index in [2.05, 4.69) is 27.5 Å². The van der Waals surface area contributed by atoms with Crippen LogP contribution in [-0.2, 0) is 0 Å². The first kappa shape index (κ1) is 23.3. The lowest BCUT2D eigenvalue weighted by molar-refractivity contribution is 0.102. The van der Waals surface area contributed by atoms with E-state index in [9.17, 15) is 14.0 Å². The summed E-state index contributed by atoms with van der Waals surface area (Å²) in [5.41, 5.74) is 2.39. The quantitative estimate of drug-likeness (QED) is 0.561. The predicted molar refractivity (Wildman–Crippen MR) is 135 cm³/mol. The molecule has 0 unspecified atom stereocenters. The maximum Gasteiger partial charge on any atom is 0.258 e. The average molecular weight is 465 g/mol. The molecule has 0 saturated heterocycles. The van der Waals surface area contributed by atoms with Crippen LogP contribution in [-0.4, -0.2) is 42.7 Å². The Bertz CT molecular complexity index is 1430. The van der Waals surface area contributed by atoms with Crippen molar-refractivity contribution in [3.05, 3.63) is 94.3 Å². The van der Waals surface area contributed by atoms with Crippen molar-refractivity contribution in [3.63, 3.8) is 0 Å². The number of nitrogens with one attached hydrogen (secondary N) is 2. The highest BCUT2D eigenvalue weighted by Gasteiger charge is 2.20. The van der Waals surface area contributed by atoms with E-state index in [4.69, 9.17) is 12.8 Å². The lowest BCUT2D eigenvalue weighted by Crippen LogP contribution is -2.24. The smallest absolute Gasteiger partial charge is 0.258 e. The monoisotopic (exact) mass is 464 g/mol. The summed E-state index contributed by atoms with van der Waals surface area (Å²) in [6.07, 6.45) is 10.9. The van der Waals surface area contributed by atoms with Gasteiger partial charge >= 0.3 is 0 Å². The number of terminal acetylenes is 2. The number of hydrogen-bond acceptors (Lipinski definition) is 4. The zero-order valence-corrected chi connectivity index (χ0v) is 18.9. The molecule has 172 valence electrons. The molecule has 0 saturated carbocycles. The third-order valence-corrected chi connectivity index (χ3v) is 5.52. The van der Waals surface area contributed by atoms with Crippen molar-refractivity contribution in [2.45, 2.75) is 0 Å². The summed E-state index contributed by atoms with van der Waals surface area (Å²) in [5.74, 6) is 3.76. The van der Waals surface area contributed by atoms with Crippen molar-refractivity contribution in [2.24, 2.45) is 4.99 Å². The Labute approximate surface area is 202 Å².